The van der Waals surface area contributed by atoms with Gasteiger partial charge in [0.1, 0.15) is 5.69 Å². The predicted octanol–water partition coefficient (Wildman–Crippen LogP) is 2.75. The Morgan fingerprint density at radius 2 is 1.84 bits per heavy atom. The molecular weight excluding hydrogens is 240 g/mol. The van der Waals surface area contributed by atoms with Crippen LogP contribution in [0.2, 0.25) is 0 Å². The molecule has 0 bridgehead atoms. The molecule has 2 aromatic heterocycles. The number of carbonyl (C=O) groups is 1. The third-order valence-electron chi connectivity index (χ3n) is 2.78. The molecule has 0 radical (unpaired) electrons. The van der Waals surface area contributed by atoms with Gasteiger partial charge in [-0.25, -0.2) is 4.79 Å². The fourth-order valence-corrected chi connectivity index (χ4v) is 1.86. The highest BCUT2D eigenvalue weighted by Crippen LogP contribution is 2.17. The van der Waals surface area contributed by atoms with Crippen molar-refractivity contribution in [3.63, 3.8) is 0 Å². The molecule has 0 saturated heterocycles. The molecule has 0 aliphatic rings. The molecule has 0 spiro atoms. The van der Waals surface area contributed by atoms with E-state index in [0.717, 1.165) is 11.4 Å². The lowest BCUT2D eigenvalue weighted by Gasteiger charge is -2.08. The number of rotatable bonds is 3. The Labute approximate surface area is 110 Å². The summed E-state index contributed by atoms with van der Waals surface area (Å²) in [6, 6.07) is 16.4. The number of aromatic amines is 1. The van der Waals surface area contributed by atoms with Crippen LogP contribution in [0.25, 0.3) is 11.4 Å². The molecular formula is C15H12N2O2. The largest absolute Gasteiger partial charge is 0.363 e. The first-order chi connectivity index (χ1) is 9.34. The van der Waals surface area contributed by atoms with Crippen LogP contribution in [0.3, 0.4) is 0 Å². The summed E-state index contributed by atoms with van der Waals surface area (Å²) in [6.07, 6.45) is 3.53. The van der Waals surface area contributed by atoms with Crippen molar-refractivity contribution in [3.8, 4) is 11.4 Å². The molecule has 3 aromatic rings. The zero-order valence-electron chi connectivity index (χ0n) is 10.1. The fourth-order valence-electron chi connectivity index (χ4n) is 1.86. The van der Waals surface area contributed by atoms with Crippen LogP contribution < -0.4 is 4.84 Å². The summed E-state index contributed by atoms with van der Waals surface area (Å²) in [5.74, 6) is -0.385. The van der Waals surface area contributed by atoms with Gasteiger partial charge in [-0.2, -0.15) is 4.73 Å². The number of nitrogens with zero attached hydrogens (tertiary/aromatic N) is 1. The monoisotopic (exact) mass is 252 g/mol. The summed E-state index contributed by atoms with van der Waals surface area (Å²) in [6.45, 7) is 0. The molecule has 1 aromatic carbocycles. The van der Waals surface area contributed by atoms with Crippen LogP contribution in [0.1, 0.15) is 10.4 Å². The Morgan fingerprint density at radius 3 is 2.58 bits per heavy atom. The quantitative estimate of drug-likeness (QED) is 0.779. The topological polar surface area (TPSA) is 47.0 Å². The van der Waals surface area contributed by atoms with Gasteiger partial charge in [0.2, 0.25) is 0 Å². The highest BCUT2D eigenvalue weighted by molar-refractivity contribution is 5.89. The second-order valence-electron chi connectivity index (χ2n) is 4.05. The highest BCUT2D eigenvalue weighted by atomic mass is 16.7. The molecule has 94 valence electrons. The summed E-state index contributed by atoms with van der Waals surface area (Å²) < 4.78 is 1.46. The zero-order chi connectivity index (χ0) is 13.1. The van der Waals surface area contributed by atoms with Crippen molar-refractivity contribution < 1.29 is 9.63 Å². The Hall–Kier alpha value is -2.75. The highest BCUT2D eigenvalue weighted by Gasteiger charge is 2.11. The number of aromatic nitrogens is 2. The third-order valence-corrected chi connectivity index (χ3v) is 2.78. The van der Waals surface area contributed by atoms with Gasteiger partial charge in [0.25, 0.3) is 0 Å². The van der Waals surface area contributed by atoms with Gasteiger partial charge >= 0.3 is 5.97 Å². The van der Waals surface area contributed by atoms with E-state index < -0.39 is 0 Å². The van der Waals surface area contributed by atoms with Crippen molar-refractivity contribution in [2.75, 3.05) is 0 Å². The van der Waals surface area contributed by atoms with Crippen molar-refractivity contribution in [1.29, 1.82) is 0 Å². The summed E-state index contributed by atoms with van der Waals surface area (Å²) >= 11 is 0. The number of hydrogen-bond acceptors (Lipinski definition) is 2. The average molecular weight is 252 g/mol. The van der Waals surface area contributed by atoms with E-state index in [0.29, 0.717) is 5.56 Å². The van der Waals surface area contributed by atoms with Crippen LogP contribution in [0.5, 0.6) is 0 Å². The van der Waals surface area contributed by atoms with Gasteiger partial charge in [0.05, 0.1) is 11.3 Å². The van der Waals surface area contributed by atoms with E-state index >= 15 is 0 Å². The normalized spacial score (nSPS) is 10.3. The Balaban J connectivity index is 1.85. The van der Waals surface area contributed by atoms with Gasteiger partial charge in [-0.15, -0.1) is 0 Å². The number of hydrogen-bond donors (Lipinski definition) is 1. The second-order valence-corrected chi connectivity index (χ2v) is 4.05. The molecule has 0 atom stereocenters. The van der Waals surface area contributed by atoms with Gasteiger partial charge in [-0.05, 0) is 36.4 Å². The van der Waals surface area contributed by atoms with E-state index in [-0.39, 0.29) is 5.97 Å². The standard InChI is InChI=1S/C15H12N2O2/c18-15(12-6-2-1-3-7-12)19-17-11-5-9-14(17)13-8-4-10-16-13/h1-11,16H. The molecule has 19 heavy (non-hydrogen) atoms. The van der Waals surface area contributed by atoms with E-state index in [9.17, 15) is 4.79 Å². The Bertz CT molecular complexity index is 669. The molecule has 3 rings (SSSR count). The van der Waals surface area contributed by atoms with Crippen LogP contribution in [-0.4, -0.2) is 15.7 Å². The summed E-state index contributed by atoms with van der Waals surface area (Å²) in [4.78, 5) is 20.4. The molecule has 0 saturated carbocycles. The minimum atomic E-state index is -0.385. The predicted molar refractivity (Wildman–Crippen MR) is 71.6 cm³/mol. The molecule has 0 fully saturated rings. The molecule has 4 nitrogen and oxygen atoms in total. The van der Waals surface area contributed by atoms with E-state index in [4.69, 9.17) is 4.84 Å². The summed E-state index contributed by atoms with van der Waals surface area (Å²) in [7, 11) is 0. The van der Waals surface area contributed by atoms with Crippen LogP contribution in [0.15, 0.2) is 67.0 Å². The fraction of sp³-hybridized carbons (Fsp3) is 0. The third kappa shape index (κ3) is 2.28. The molecule has 0 aliphatic heterocycles. The SMILES string of the molecule is O=C(On1cccc1-c1ccc[nH]1)c1ccccc1. The first-order valence-corrected chi connectivity index (χ1v) is 5.93. The summed E-state index contributed by atoms with van der Waals surface area (Å²) in [5, 5.41) is 0. The van der Waals surface area contributed by atoms with E-state index in [1.807, 2.05) is 36.5 Å². The first-order valence-electron chi connectivity index (χ1n) is 5.93. The summed E-state index contributed by atoms with van der Waals surface area (Å²) in [5.41, 5.74) is 2.22. The van der Waals surface area contributed by atoms with Crippen LogP contribution in [0, 0.1) is 0 Å². The number of nitrogens with one attached hydrogen (secondary N) is 1. The van der Waals surface area contributed by atoms with Gasteiger partial charge in [-0.1, -0.05) is 18.2 Å². The van der Waals surface area contributed by atoms with Gasteiger partial charge in [0, 0.05) is 12.4 Å². The van der Waals surface area contributed by atoms with E-state index in [1.165, 1.54) is 4.73 Å². The molecule has 0 aliphatic carbocycles. The maximum Gasteiger partial charge on any atom is 0.363 e. The van der Waals surface area contributed by atoms with Crippen LogP contribution in [0.4, 0.5) is 0 Å². The lowest BCUT2D eigenvalue weighted by Crippen LogP contribution is -2.19. The van der Waals surface area contributed by atoms with E-state index in [1.54, 1.807) is 30.5 Å². The zero-order valence-corrected chi connectivity index (χ0v) is 10.1. The molecule has 4 heteroatoms. The van der Waals surface area contributed by atoms with Crippen molar-refractivity contribution in [3.05, 3.63) is 72.6 Å². The Morgan fingerprint density at radius 1 is 1.00 bits per heavy atom. The molecule has 2 heterocycles. The second kappa shape index (κ2) is 4.86. The maximum absolute atomic E-state index is 12.0. The van der Waals surface area contributed by atoms with Crippen LogP contribution in [-0.2, 0) is 0 Å². The lowest BCUT2D eigenvalue weighted by atomic mass is 10.2. The molecule has 0 unspecified atom stereocenters. The van der Waals surface area contributed by atoms with Crippen molar-refractivity contribution >= 4 is 5.97 Å². The van der Waals surface area contributed by atoms with Crippen LogP contribution >= 0.6 is 0 Å². The average Bonchev–Trinajstić information content (AvgIpc) is 3.10. The van der Waals surface area contributed by atoms with Crippen molar-refractivity contribution in [2.45, 2.75) is 0 Å². The number of carbonyl (C=O) groups excluding carboxylic acids is 1. The molecule has 1 N–H and O–H groups in total. The maximum atomic E-state index is 12.0. The van der Waals surface area contributed by atoms with E-state index in [2.05, 4.69) is 4.98 Å². The minimum absolute atomic E-state index is 0.385. The smallest absolute Gasteiger partial charge is 0.360 e. The minimum Gasteiger partial charge on any atom is -0.360 e. The van der Waals surface area contributed by atoms with Crippen molar-refractivity contribution in [1.82, 2.24) is 9.71 Å². The van der Waals surface area contributed by atoms with Crippen molar-refractivity contribution in [2.24, 2.45) is 0 Å². The Kier molecular flexibility index (Phi) is 2.90. The number of benzene rings is 1. The number of H-pyrrole nitrogens is 1. The lowest BCUT2D eigenvalue weighted by molar-refractivity contribution is 0.0470. The van der Waals surface area contributed by atoms with Gasteiger partial charge in [0.15, 0.2) is 0 Å². The van der Waals surface area contributed by atoms with Gasteiger partial charge < -0.3 is 9.82 Å². The first kappa shape index (κ1) is 11.3. The van der Waals surface area contributed by atoms with Gasteiger partial charge in [-0.3, -0.25) is 0 Å². The molecule has 0 amide bonds.